The second kappa shape index (κ2) is 5.18. The summed E-state index contributed by atoms with van der Waals surface area (Å²) in [6.07, 6.45) is -9.74. The highest BCUT2D eigenvalue weighted by Crippen LogP contribution is 2.49. The Morgan fingerprint density at radius 3 is 2.00 bits per heavy atom. The third-order valence-electron chi connectivity index (χ3n) is 2.72. The van der Waals surface area contributed by atoms with Gasteiger partial charge in [-0.1, -0.05) is 0 Å². The van der Waals surface area contributed by atoms with Crippen molar-refractivity contribution < 1.29 is 35.1 Å². The van der Waals surface area contributed by atoms with Crippen molar-refractivity contribution >= 4 is 15.9 Å². The van der Waals surface area contributed by atoms with Gasteiger partial charge in [0.05, 0.1) is 10.7 Å². The lowest BCUT2D eigenvalue weighted by molar-refractivity contribution is -0.292. The zero-order chi connectivity index (χ0) is 17.8. The molecular formula is C10H5BrF8N4. The zero-order valence-corrected chi connectivity index (χ0v) is 12.4. The molecule has 0 spiro atoms. The molecule has 0 atom stereocenters. The van der Waals surface area contributed by atoms with Crippen molar-refractivity contribution in [3.05, 3.63) is 28.1 Å². The summed E-state index contributed by atoms with van der Waals surface area (Å²) < 4.78 is 104. The fourth-order valence-electron chi connectivity index (χ4n) is 1.81. The van der Waals surface area contributed by atoms with Gasteiger partial charge in [0.1, 0.15) is 5.56 Å². The van der Waals surface area contributed by atoms with Gasteiger partial charge >= 0.3 is 18.3 Å². The number of rotatable bonds is 2. The first-order chi connectivity index (χ1) is 10.3. The Morgan fingerprint density at radius 2 is 1.61 bits per heavy atom. The predicted molar refractivity (Wildman–Crippen MR) is 63.0 cm³/mol. The van der Waals surface area contributed by atoms with E-state index < -0.39 is 35.4 Å². The van der Waals surface area contributed by atoms with Crippen LogP contribution < -0.4 is 0 Å². The molecule has 0 aliphatic heterocycles. The molecule has 0 saturated carbocycles. The molecule has 2 aromatic rings. The average molecular weight is 413 g/mol. The van der Waals surface area contributed by atoms with E-state index in [2.05, 4.69) is 26.1 Å². The number of halogens is 9. The van der Waals surface area contributed by atoms with Crippen LogP contribution in [0.15, 0.2) is 16.9 Å². The smallest absolute Gasteiger partial charge is 0.250 e. The van der Waals surface area contributed by atoms with Crippen LogP contribution in [-0.2, 0) is 19.1 Å². The highest BCUT2D eigenvalue weighted by Gasteiger charge is 2.64. The summed E-state index contributed by atoms with van der Waals surface area (Å²) in [6.45, 7) is 0. The van der Waals surface area contributed by atoms with Crippen molar-refractivity contribution in [3.63, 3.8) is 0 Å². The van der Waals surface area contributed by atoms with Crippen LogP contribution in [0.2, 0.25) is 0 Å². The monoisotopic (exact) mass is 412 g/mol. The summed E-state index contributed by atoms with van der Waals surface area (Å²) in [5, 5.41) is 6.21. The van der Waals surface area contributed by atoms with Crippen molar-refractivity contribution in [2.24, 2.45) is 7.05 Å². The van der Waals surface area contributed by atoms with Gasteiger partial charge in [-0.15, -0.1) is 0 Å². The van der Waals surface area contributed by atoms with E-state index >= 15 is 0 Å². The number of hydrogen-bond acceptors (Lipinski definition) is 2. The van der Waals surface area contributed by atoms with Crippen LogP contribution in [0.4, 0.5) is 35.1 Å². The van der Waals surface area contributed by atoms with Crippen LogP contribution in [0, 0.1) is 0 Å². The molecule has 0 amide bonds. The molecule has 0 radical (unpaired) electrons. The number of aromatic nitrogens is 4. The first-order valence-electron chi connectivity index (χ1n) is 5.56. The number of hydrogen-bond donors (Lipinski definition) is 0. The number of nitrogens with zero attached hydrogens (tertiary/aromatic N) is 4. The van der Waals surface area contributed by atoms with E-state index in [4.69, 9.17) is 0 Å². The SMILES string of the molecule is Cn1nc(C(F)(F)C(F)(F)F)c(C(F)(F)F)c1-n1cc(Br)cn1. The fourth-order valence-corrected chi connectivity index (χ4v) is 2.10. The largest absolute Gasteiger partial charge is 0.459 e. The van der Waals surface area contributed by atoms with Gasteiger partial charge in [-0.2, -0.15) is 45.3 Å². The molecule has 13 heteroatoms. The molecule has 0 saturated heterocycles. The first kappa shape index (κ1) is 17.7. The molecule has 0 fully saturated rings. The van der Waals surface area contributed by atoms with Crippen LogP contribution in [0.25, 0.3) is 5.82 Å². The van der Waals surface area contributed by atoms with Crippen LogP contribution in [0.1, 0.15) is 11.3 Å². The topological polar surface area (TPSA) is 35.6 Å². The van der Waals surface area contributed by atoms with Crippen molar-refractivity contribution in [2.75, 3.05) is 0 Å². The summed E-state index contributed by atoms with van der Waals surface area (Å²) in [4.78, 5) is 0. The maximum absolute atomic E-state index is 13.4. The Hall–Kier alpha value is -1.66. The summed E-state index contributed by atoms with van der Waals surface area (Å²) in [6, 6.07) is 0. The van der Waals surface area contributed by atoms with Crippen LogP contribution in [0.3, 0.4) is 0 Å². The maximum Gasteiger partial charge on any atom is 0.459 e. The Labute approximate surface area is 130 Å². The summed E-state index contributed by atoms with van der Waals surface area (Å²) in [7, 11) is 0.802. The lowest BCUT2D eigenvalue weighted by atomic mass is 10.1. The van der Waals surface area contributed by atoms with Crippen molar-refractivity contribution in [1.29, 1.82) is 0 Å². The summed E-state index contributed by atoms with van der Waals surface area (Å²) in [5.74, 6) is -6.85. The highest BCUT2D eigenvalue weighted by atomic mass is 79.9. The number of alkyl halides is 8. The van der Waals surface area contributed by atoms with Gasteiger partial charge in [0.2, 0.25) is 0 Å². The Kier molecular flexibility index (Phi) is 3.98. The van der Waals surface area contributed by atoms with Gasteiger partial charge in [0.15, 0.2) is 11.5 Å². The third kappa shape index (κ3) is 2.93. The Bertz CT molecular complexity index is 726. The Morgan fingerprint density at radius 1 is 1.04 bits per heavy atom. The molecule has 2 aromatic heterocycles. The summed E-state index contributed by atoms with van der Waals surface area (Å²) in [5.41, 5.74) is -4.64. The minimum atomic E-state index is -6.23. The summed E-state index contributed by atoms with van der Waals surface area (Å²) >= 11 is 2.88. The average Bonchev–Trinajstić information content (AvgIpc) is 2.90. The second-order valence-corrected chi connectivity index (χ2v) is 5.26. The quantitative estimate of drug-likeness (QED) is 0.697. The molecule has 0 unspecified atom stereocenters. The van der Waals surface area contributed by atoms with E-state index in [1.807, 2.05) is 0 Å². The van der Waals surface area contributed by atoms with E-state index in [1.165, 1.54) is 0 Å². The van der Waals surface area contributed by atoms with Crippen LogP contribution in [0.5, 0.6) is 0 Å². The molecule has 0 bridgehead atoms. The molecular weight excluding hydrogens is 408 g/mol. The van der Waals surface area contributed by atoms with E-state index in [-0.39, 0.29) is 9.15 Å². The lowest BCUT2D eigenvalue weighted by Crippen LogP contribution is -2.36. The van der Waals surface area contributed by atoms with Crippen molar-refractivity contribution in [1.82, 2.24) is 19.6 Å². The van der Waals surface area contributed by atoms with Gasteiger partial charge in [-0.25, -0.2) is 9.36 Å². The third-order valence-corrected chi connectivity index (χ3v) is 3.13. The minimum absolute atomic E-state index is 0.191. The van der Waals surface area contributed by atoms with Gasteiger partial charge in [-0.05, 0) is 15.9 Å². The first-order valence-corrected chi connectivity index (χ1v) is 6.36. The van der Waals surface area contributed by atoms with Gasteiger partial charge < -0.3 is 0 Å². The van der Waals surface area contributed by atoms with Crippen LogP contribution in [-0.4, -0.2) is 25.7 Å². The van der Waals surface area contributed by atoms with Gasteiger partial charge in [0, 0.05) is 13.2 Å². The predicted octanol–water partition coefficient (Wildman–Crippen LogP) is 4.04. The Balaban J connectivity index is 2.82. The lowest BCUT2D eigenvalue weighted by Gasteiger charge is -2.19. The van der Waals surface area contributed by atoms with Gasteiger partial charge in [0.25, 0.3) is 0 Å². The minimum Gasteiger partial charge on any atom is -0.250 e. The van der Waals surface area contributed by atoms with Crippen molar-refractivity contribution in [3.8, 4) is 5.82 Å². The molecule has 0 aliphatic carbocycles. The molecule has 23 heavy (non-hydrogen) atoms. The molecule has 128 valence electrons. The van der Waals surface area contributed by atoms with E-state index in [0.717, 1.165) is 19.4 Å². The highest BCUT2D eigenvalue weighted by molar-refractivity contribution is 9.10. The van der Waals surface area contributed by atoms with Crippen molar-refractivity contribution in [2.45, 2.75) is 18.3 Å². The fraction of sp³-hybridized carbons (Fsp3) is 0.400. The molecule has 0 N–H and O–H groups in total. The normalized spacial score (nSPS) is 13.7. The van der Waals surface area contributed by atoms with E-state index in [9.17, 15) is 35.1 Å². The zero-order valence-electron chi connectivity index (χ0n) is 10.8. The van der Waals surface area contributed by atoms with E-state index in [0.29, 0.717) is 4.68 Å². The molecule has 2 heterocycles. The van der Waals surface area contributed by atoms with Gasteiger partial charge in [-0.3, -0.25) is 0 Å². The molecule has 2 rings (SSSR count). The van der Waals surface area contributed by atoms with Crippen LogP contribution >= 0.6 is 15.9 Å². The molecule has 0 aromatic carbocycles. The van der Waals surface area contributed by atoms with E-state index in [1.54, 1.807) is 0 Å². The maximum atomic E-state index is 13.4. The second-order valence-electron chi connectivity index (χ2n) is 4.34. The molecule has 4 nitrogen and oxygen atoms in total. The molecule has 0 aliphatic rings. The standard InChI is InChI=1S/C10H5BrF8N4/c1-22-7(23-3-4(11)2-20-23)5(9(14,15)16)6(21-22)8(12,13)10(17,18)19/h2-3H,1H3. The number of aryl methyl sites for hydroxylation is 1.